The van der Waals surface area contributed by atoms with E-state index < -0.39 is 17.6 Å². The highest BCUT2D eigenvalue weighted by molar-refractivity contribution is 6.34. The molecule has 0 saturated heterocycles. The molecule has 1 aromatic carbocycles. The van der Waals surface area contributed by atoms with E-state index in [1.807, 2.05) is 0 Å². The van der Waals surface area contributed by atoms with Gasteiger partial charge in [-0.25, -0.2) is 24.3 Å². The van der Waals surface area contributed by atoms with Crippen molar-refractivity contribution in [2.45, 2.75) is 32.9 Å². The van der Waals surface area contributed by atoms with Gasteiger partial charge in [0, 0.05) is 24.5 Å². The largest absolute Gasteiger partial charge is 0.442 e. The van der Waals surface area contributed by atoms with Crippen molar-refractivity contribution in [1.29, 1.82) is 0 Å². The molecule has 0 saturated carbocycles. The summed E-state index contributed by atoms with van der Waals surface area (Å²) in [6, 6.07) is 9.60. The van der Waals surface area contributed by atoms with Crippen LogP contribution in [0.5, 0.6) is 0 Å². The van der Waals surface area contributed by atoms with Crippen LogP contribution in [0.15, 0.2) is 53.8 Å². The van der Waals surface area contributed by atoms with E-state index in [0.29, 0.717) is 35.7 Å². The fourth-order valence-corrected chi connectivity index (χ4v) is 3.41. The number of hydrogen-bond acceptors (Lipinski definition) is 6. The minimum atomic E-state index is -0.859. The molecule has 2 aromatic heterocycles. The molecule has 9 nitrogen and oxygen atoms in total. The van der Waals surface area contributed by atoms with Crippen LogP contribution < -0.4 is 10.4 Å². The summed E-state index contributed by atoms with van der Waals surface area (Å²) in [5, 5.41) is 6.01. The first kappa shape index (κ1) is 22.3. The predicted octanol–water partition coefficient (Wildman–Crippen LogP) is 3.61. The lowest BCUT2D eigenvalue weighted by Gasteiger charge is -2.28. The molecule has 1 aliphatic heterocycles. The number of anilines is 1. The summed E-state index contributed by atoms with van der Waals surface area (Å²) in [6.07, 6.45) is 3.33. The van der Waals surface area contributed by atoms with Gasteiger partial charge in [0.15, 0.2) is 5.82 Å². The van der Waals surface area contributed by atoms with Crippen LogP contribution in [0.2, 0.25) is 0 Å². The maximum Gasteiger partial charge on any atom is 0.434 e. The number of ether oxygens (including phenoxy) is 1. The number of rotatable bonds is 3. The lowest BCUT2D eigenvalue weighted by Crippen LogP contribution is -2.50. The number of carbonyl (C=O) groups is 2. The number of aliphatic imine (C=N–C) groups is 1. The van der Waals surface area contributed by atoms with E-state index in [0.717, 1.165) is 11.8 Å². The summed E-state index contributed by atoms with van der Waals surface area (Å²) in [5.41, 5.74) is 5.03. The summed E-state index contributed by atoms with van der Waals surface area (Å²) in [6.45, 7) is 6.07. The highest BCUT2D eigenvalue weighted by atomic mass is 19.1. The first-order chi connectivity index (χ1) is 15.7. The molecule has 170 valence electrons. The third kappa shape index (κ3) is 4.96. The number of aromatic nitrogens is 3. The Kier molecular flexibility index (Phi) is 6.01. The van der Waals surface area contributed by atoms with Crippen LogP contribution in [0.4, 0.5) is 15.0 Å². The standard InChI is InChI=1S/C23H23FN6O3/c1-23(2,3)33-22(32)26-14-18(31)30-21-19(15-8-10-25-11-9-15)20(28-29(21)13-12-27-30)16-4-6-17(24)7-5-16/h4-11,14,27H,12-13H2,1-3H3. The van der Waals surface area contributed by atoms with Gasteiger partial charge in [-0.15, -0.1) is 0 Å². The van der Waals surface area contributed by atoms with Crippen molar-refractivity contribution in [1.82, 2.24) is 20.2 Å². The van der Waals surface area contributed by atoms with Gasteiger partial charge < -0.3 is 4.74 Å². The normalized spacial score (nSPS) is 13.8. The zero-order valence-corrected chi connectivity index (χ0v) is 18.4. The number of carbonyl (C=O) groups excluding carboxylic acids is 2. The molecule has 1 aliphatic rings. The number of fused-ring (bicyclic) bond motifs is 1. The second-order valence-electron chi connectivity index (χ2n) is 8.33. The van der Waals surface area contributed by atoms with Crippen molar-refractivity contribution < 1.29 is 18.7 Å². The number of amides is 2. The molecule has 4 rings (SSSR count). The summed E-state index contributed by atoms with van der Waals surface area (Å²) in [4.78, 5) is 32.6. The van der Waals surface area contributed by atoms with Gasteiger partial charge in [0.1, 0.15) is 23.3 Å². The van der Waals surface area contributed by atoms with Gasteiger partial charge in [-0.1, -0.05) is 0 Å². The number of hydrogen-bond donors (Lipinski definition) is 1. The van der Waals surface area contributed by atoms with Crippen molar-refractivity contribution in [2.75, 3.05) is 11.6 Å². The van der Waals surface area contributed by atoms with Crippen LogP contribution in [0, 0.1) is 5.82 Å². The Morgan fingerprint density at radius 1 is 1.12 bits per heavy atom. The van der Waals surface area contributed by atoms with E-state index >= 15 is 0 Å². The summed E-state index contributed by atoms with van der Waals surface area (Å²) in [7, 11) is 0. The highest BCUT2D eigenvalue weighted by Crippen LogP contribution is 2.40. The van der Waals surface area contributed by atoms with E-state index in [9.17, 15) is 14.0 Å². The summed E-state index contributed by atoms with van der Waals surface area (Å²) in [5.74, 6) is -0.444. The maximum atomic E-state index is 13.5. The van der Waals surface area contributed by atoms with Crippen molar-refractivity contribution in [3.8, 4) is 22.4 Å². The molecular formula is C23H23FN6O3. The van der Waals surface area contributed by atoms with Crippen LogP contribution in [0.1, 0.15) is 20.8 Å². The number of halogens is 1. The van der Waals surface area contributed by atoms with Gasteiger partial charge in [-0.05, 0) is 62.7 Å². The van der Waals surface area contributed by atoms with E-state index in [4.69, 9.17) is 9.84 Å². The average molecular weight is 450 g/mol. The molecule has 0 atom stereocenters. The van der Waals surface area contributed by atoms with E-state index in [1.54, 1.807) is 62.1 Å². The Morgan fingerprint density at radius 2 is 1.82 bits per heavy atom. The molecule has 0 bridgehead atoms. The Bertz CT molecular complexity index is 1200. The van der Waals surface area contributed by atoms with Gasteiger partial charge in [-0.3, -0.25) is 9.78 Å². The number of benzene rings is 1. The summed E-state index contributed by atoms with van der Waals surface area (Å²) >= 11 is 0. The zero-order valence-electron chi connectivity index (χ0n) is 18.4. The molecule has 0 radical (unpaired) electrons. The molecule has 3 aromatic rings. The molecule has 1 N–H and O–H groups in total. The molecule has 0 fully saturated rings. The fourth-order valence-electron chi connectivity index (χ4n) is 3.41. The second kappa shape index (κ2) is 8.91. The summed E-state index contributed by atoms with van der Waals surface area (Å²) < 4.78 is 20.3. The van der Waals surface area contributed by atoms with Crippen LogP contribution in [-0.4, -0.2) is 45.1 Å². The maximum absolute atomic E-state index is 13.5. The lowest BCUT2D eigenvalue weighted by atomic mass is 10.0. The van der Waals surface area contributed by atoms with Gasteiger partial charge in [0.2, 0.25) is 0 Å². The monoisotopic (exact) mass is 450 g/mol. The number of nitrogens with zero attached hydrogens (tertiary/aromatic N) is 5. The van der Waals surface area contributed by atoms with Crippen molar-refractivity contribution in [3.63, 3.8) is 0 Å². The topological polar surface area (TPSA) is 102 Å². The Hall–Kier alpha value is -3.92. The van der Waals surface area contributed by atoms with Crippen LogP contribution >= 0.6 is 0 Å². The van der Waals surface area contributed by atoms with Crippen LogP contribution in [0.25, 0.3) is 22.4 Å². The molecule has 2 amide bonds. The second-order valence-corrected chi connectivity index (χ2v) is 8.33. The van der Waals surface area contributed by atoms with Crippen molar-refractivity contribution in [3.05, 3.63) is 54.6 Å². The Balaban J connectivity index is 1.77. The fraction of sp³-hybridized carbons (Fsp3) is 0.261. The van der Waals surface area contributed by atoms with Gasteiger partial charge in [0.25, 0.3) is 5.91 Å². The Morgan fingerprint density at radius 3 is 2.48 bits per heavy atom. The predicted molar refractivity (Wildman–Crippen MR) is 121 cm³/mol. The van der Waals surface area contributed by atoms with E-state index in [2.05, 4.69) is 15.4 Å². The lowest BCUT2D eigenvalue weighted by molar-refractivity contribution is -0.113. The molecule has 0 unspecified atom stereocenters. The smallest absolute Gasteiger partial charge is 0.434 e. The number of pyridine rings is 1. The zero-order chi connectivity index (χ0) is 23.6. The Labute approximate surface area is 189 Å². The minimum Gasteiger partial charge on any atom is -0.442 e. The molecule has 0 spiro atoms. The molecule has 10 heteroatoms. The van der Waals surface area contributed by atoms with E-state index in [-0.39, 0.29) is 5.82 Å². The third-order valence-electron chi connectivity index (χ3n) is 4.71. The minimum absolute atomic E-state index is 0.356. The molecule has 0 aliphatic carbocycles. The van der Waals surface area contributed by atoms with Crippen molar-refractivity contribution in [2.24, 2.45) is 4.99 Å². The van der Waals surface area contributed by atoms with E-state index in [1.165, 1.54) is 17.1 Å². The quantitative estimate of drug-likeness (QED) is 0.612. The number of hydrazine groups is 1. The molecule has 3 heterocycles. The first-order valence-electron chi connectivity index (χ1n) is 10.3. The van der Waals surface area contributed by atoms with Crippen LogP contribution in [-0.2, 0) is 16.1 Å². The molecular weight excluding hydrogens is 427 g/mol. The number of nitrogens with one attached hydrogen (secondary N) is 1. The average Bonchev–Trinajstić information content (AvgIpc) is 3.17. The van der Waals surface area contributed by atoms with Crippen LogP contribution in [0.3, 0.4) is 0 Å². The van der Waals surface area contributed by atoms with Gasteiger partial charge >= 0.3 is 6.09 Å². The van der Waals surface area contributed by atoms with Crippen molar-refractivity contribution >= 4 is 24.0 Å². The molecule has 33 heavy (non-hydrogen) atoms. The first-order valence-corrected chi connectivity index (χ1v) is 10.3. The highest BCUT2D eigenvalue weighted by Gasteiger charge is 2.30. The SMILES string of the molecule is CC(C)(C)OC(=O)N=CC(=O)N1NCCn2nc(-c3ccc(F)cc3)c(-c3ccncc3)c21. The van der Waals surface area contributed by atoms with Gasteiger partial charge in [-0.2, -0.15) is 10.1 Å². The van der Waals surface area contributed by atoms with Gasteiger partial charge in [0.05, 0.1) is 12.1 Å². The third-order valence-corrected chi connectivity index (χ3v) is 4.71.